The van der Waals surface area contributed by atoms with E-state index in [0.29, 0.717) is 23.5 Å². The van der Waals surface area contributed by atoms with Crippen LogP contribution >= 0.6 is 0 Å². The smallest absolute Gasteiger partial charge is 0.416 e. The number of pyridine rings is 1. The topological polar surface area (TPSA) is 81.4 Å². The van der Waals surface area contributed by atoms with Crippen molar-refractivity contribution in [3.8, 4) is 5.75 Å². The fourth-order valence-corrected chi connectivity index (χ4v) is 3.93. The zero-order valence-corrected chi connectivity index (χ0v) is 18.6. The Morgan fingerprint density at radius 2 is 1.94 bits per heavy atom. The van der Waals surface area contributed by atoms with Gasteiger partial charge in [0.15, 0.2) is 0 Å². The van der Waals surface area contributed by atoms with Crippen molar-refractivity contribution < 1.29 is 27.1 Å². The molecule has 184 valence electrons. The molecular formula is C23H21F4N5O3. The third-order valence-electron chi connectivity index (χ3n) is 5.94. The Hall–Kier alpha value is -3.83. The molecule has 2 aliphatic rings. The molecule has 0 bridgehead atoms. The maximum absolute atomic E-state index is 13.6. The summed E-state index contributed by atoms with van der Waals surface area (Å²) in [4.78, 5) is 27.5. The highest BCUT2D eigenvalue weighted by atomic mass is 19.4. The van der Waals surface area contributed by atoms with E-state index in [1.807, 2.05) is 0 Å². The molecule has 1 saturated heterocycles. The molecule has 0 radical (unpaired) electrons. The van der Waals surface area contributed by atoms with Crippen molar-refractivity contribution in [3.63, 3.8) is 0 Å². The zero-order valence-electron chi connectivity index (χ0n) is 18.6. The molecule has 3 aromatic rings. The summed E-state index contributed by atoms with van der Waals surface area (Å²) in [5, 5.41) is 6.93. The second kappa shape index (κ2) is 8.43. The van der Waals surface area contributed by atoms with Gasteiger partial charge >= 0.3 is 6.18 Å². The van der Waals surface area contributed by atoms with Gasteiger partial charge in [-0.05, 0) is 31.0 Å². The number of carbonyl (C=O) groups is 1. The van der Waals surface area contributed by atoms with Crippen LogP contribution in [0.5, 0.6) is 5.75 Å². The van der Waals surface area contributed by atoms with Crippen molar-refractivity contribution in [2.24, 2.45) is 7.05 Å². The van der Waals surface area contributed by atoms with Gasteiger partial charge in [-0.3, -0.25) is 14.3 Å². The molecule has 1 amide bonds. The average molecular weight is 491 g/mol. The first kappa shape index (κ1) is 22.9. The van der Waals surface area contributed by atoms with Crippen molar-refractivity contribution in [3.05, 3.63) is 70.2 Å². The zero-order chi connectivity index (χ0) is 24.9. The highest BCUT2D eigenvalue weighted by Crippen LogP contribution is 2.35. The maximum Gasteiger partial charge on any atom is 0.416 e. The van der Waals surface area contributed by atoms with Gasteiger partial charge in [0.1, 0.15) is 23.2 Å². The van der Waals surface area contributed by atoms with E-state index in [-0.39, 0.29) is 24.4 Å². The lowest BCUT2D eigenvalue weighted by Crippen LogP contribution is -2.55. The van der Waals surface area contributed by atoms with E-state index in [1.54, 1.807) is 21.8 Å². The predicted molar refractivity (Wildman–Crippen MR) is 118 cm³/mol. The number of amides is 1. The Labute approximate surface area is 196 Å². The maximum atomic E-state index is 13.6. The Bertz CT molecular complexity index is 1340. The molecule has 0 unspecified atom stereocenters. The molecule has 1 aliphatic carbocycles. The third kappa shape index (κ3) is 4.73. The molecule has 1 aromatic carbocycles. The number of anilines is 2. The molecule has 0 atom stereocenters. The van der Waals surface area contributed by atoms with Gasteiger partial charge in [-0.2, -0.15) is 18.3 Å². The number of ether oxygens (including phenoxy) is 1. The summed E-state index contributed by atoms with van der Waals surface area (Å²) in [6.45, 7) is 0.399. The fraction of sp³-hybridized carbons (Fsp3) is 0.348. The van der Waals surface area contributed by atoms with Crippen LogP contribution in [-0.2, 0) is 13.2 Å². The SMILES string of the molecule is Cn1ccc(N2CC(Oc3cc(F)cc(C(F)(F)F)c3)C2)c(C(=O)Nc2cnn(C3CC3)c2)c1=O. The largest absolute Gasteiger partial charge is 0.487 e. The van der Waals surface area contributed by atoms with E-state index in [2.05, 4.69) is 10.4 Å². The molecule has 35 heavy (non-hydrogen) atoms. The van der Waals surface area contributed by atoms with Crippen LogP contribution in [0.4, 0.5) is 28.9 Å². The van der Waals surface area contributed by atoms with Crippen molar-refractivity contribution in [2.75, 3.05) is 23.3 Å². The molecular weight excluding hydrogens is 470 g/mol. The number of nitrogens with zero attached hydrogens (tertiary/aromatic N) is 4. The van der Waals surface area contributed by atoms with Crippen LogP contribution in [0.3, 0.4) is 0 Å². The van der Waals surface area contributed by atoms with Crippen LogP contribution in [0.1, 0.15) is 34.8 Å². The number of halogens is 4. The first-order chi connectivity index (χ1) is 16.6. The summed E-state index contributed by atoms with van der Waals surface area (Å²) >= 11 is 0. The molecule has 2 fully saturated rings. The fourth-order valence-electron chi connectivity index (χ4n) is 3.93. The minimum Gasteiger partial charge on any atom is -0.487 e. The van der Waals surface area contributed by atoms with Gasteiger partial charge in [-0.15, -0.1) is 0 Å². The van der Waals surface area contributed by atoms with Crippen LogP contribution in [0.15, 0.2) is 47.7 Å². The van der Waals surface area contributed by atoms with E-state index >= 15 is 0 Å². The summed E-state index contributed by atoms with van der Waals surface area (Å²) in [7, 11) is 1.53. The second-order valence-electron chi connectivity index (χ2n) is 8.70. The van der Waals surface area contributed by atoms with E-state index in [4.69, 9.17) is 4.74 Å². The van der Waals surface area contributed by atoms with Crippen molar-refractivity contribution in [1.29, 1.82) is 0 Å². The van der Waals surface area contributed by atoms with Crippen molar-refractivity contribution >= 4 is 17.3 Å². The van der Waals surface area contributed by atoms with Gasteiger partial charge in [-0.1, -0.05) is 0 Å². The highest BCUT2D eigenvalue weighted by Gasteiger charge is 2.35. The van der Waals surface area contributed by atoms with E-state index in [9.17, 15) is 27.2 Å². The molecule has 1 aliphatic heterocycles. The Balaban J connectivity index is 1.31. The van der Waals surface area contributed by atoms with Gasteiger partial charge in [0.2, 0.25) is 0 Å². The number of nitrogens with one attached hydrogen (secondary N) is 1. The molecule has 0 spiro atoms. The van der Waals surface area contributed by atoms with Gasteiger partial charge in [0, 0.05) is 25.5 Å². The van der Waals surface area contributed by atoms with Crippen LogP contribution in [0.25, 0.3) is 0 Å². The number of benzene rings is 1. The molecule has 8 nitrogen and oxygen atoms in total. The standard InChI is InChI=1S/C23H21F4N5O3/c1-30-5-4-19(20(22(30)34)21(33)29-15-9-28-32(10-15)16-2-3-16)31-11-18(12-31)35-17-7-13(23(25,26)27)6-14(24)8-17/h4-10,16,18H,2-3,11-12H2,1H3,(H,29,33). The lowest BCUT2D eigenvalue weighted by atomic mass is 10.1. The number of carbonyl (C=O) groups excluding carboxylic acids is 1. The quantitative estimate of drug-likeness (QED) is 0.533. The monoisotopic (exact) mass is 491 g/mol. The van der Waals surface area contributed by atoms with Gasteiger partial charge < -0.3 is 19.5 Å². The lowest BCUT2D eigenvalue weighted by molar-refractivity contribution is -0.137. The minimum atomic E-state index is -4.70. The van der Waals surface area contributed by atoms with E-state index in [1.165, 1.54) is 24.0 Å². The lowest BCUT2D eigenvalue weighted by Gasteiger charge is -2.41. The number of hydrogen-bond acceptors (Lipinski definition) is 5. The summed E-state index contributed by atoms with van der Waals surface area (Å²) < 4.78 is 61.1. The molecule has 12 heteroatoms. The Morgan fingerprint density at radius 1 is 1.20 bits per heavy atom. The average Bonchev–Trinajstić information content (AvgIpc) is 3.50. The van der Waals surface area contributed by atoms with Crippen LogP contribution < -0.4 is 20.5 Å². The second-order valence-corrected chi connectivity index (χ2v) is 8.70. The number of rotatable bonds is 6. The number of aryl methyl sites for hydroxylation is 1. The van der Waals surface area contributed by atoms with Crippen molar-refractivity contribution in [1.82, 2.24) is 14.3 Å². The van der Waals surface area contributed by atoms with Crippen molar-refractivity contribution in [2.45, 2.75) is 31.2 Å². The normalized spacial score (nSPS) is 16.2. The van der Waals surface area contributed by atoms with Gasteiger partial charge in [0.25, 0.3) is 11.5 Å². The predicted octanol–water partition coefficient (Wildman–Crippen LogP) is 3.59. The highest BCUT2D eigenvalue weighted by molar-refractivity contribution is 6.07. The molecule has 3 heterocycles. The van der Waals surface area contributed by atoms with Gasteiger partial charge in [0.05, 0.1) is 42.3 Å². The van der Waals surface area contributed by atoms with E-state index in [0.717, 1.165) is 25.0 Å². The first-order valence-electron chi connectivity index (χ1n) is 10.9. The molecule has 1 N–H and O–H groups in total. The number of alkyl halides is 3. The number of aromatic nitrogens is 3. The van der Waals surface area contributed by atoms with Crippen LogP contribution in [0, 0.1) is 5.82 Å². The summed E-state index contributed by atoms with van der Waals surface area (Å²) in [5.41, 5.74) is -0.874. The molecule has 5 rings (SSSR count). The first-order valence-corrected chi connectivity index (χ1v) is 10.9. The molecule has 1 saturated carbocycles. The molecule has 2 aromatic heterocycles. The van der Waals surface area contributed by atoms with Gasteiger partial charge in [-0.25, -0.2) is 4.39 Å². The van der Waals surface area contributed by atoms with Crippen LogP contribution in [-0.4, -0.2) is 39.4 Å². The van der Waals surface area contributed by atoms with Crippen LogP contribution in [0.2, 0.25) is 0 Å². The Morgan fingerprint density at radius 3 is 2.63 bits per heavy atom. The minimum absolute atomic E-state index is 0.0715. The summed E-state index contributed by atoms with van der Waals surface area (Å²) in [6.07, 6.45) is 1.57. The third-order valence-corrected chi connectivity index (χ3v) is 5.94. The summed E-state index contributed by atoms with van der Waals surface area (Å²) in [6, 6.07) is 3.98. The summed E-state index contributed by atoms with van der Waals surface area (Å²) in [5.74, 6) is -1.89. The number of hydrogen-bond donors (Lipinski definition) is 1. The Kier molecular flexibility index (Phi) is 5.53. The van der Waals surface area contributed by atoms with E-state index < -0.39 is 35.1 Å².